The molecule has 0 amide bonds. The molecule has 0 fully saturated rings. The molecule has 31 heavy (non-hydrogen) atoms. The van der Waals surface area contributed by atoms with Crippen LogP contribution in [0.1, 0.15) is 11.1 Å². The maximum absolute atomic E-state index is 12.8. The highest BCUT2D eigenvalue weighted by molar-refractivity contribution is 7.92. The van der Waals surface area contributed by atoms with Gasteiger partial charge in [-0.3, -0.25) is 4.72 Å². The van der Waals surface area contributed by atoms with Crippen LogP contribution in [-0.2, 0) is 10.0 Å². The number of para-hydroxylation sites is 1. The van der Waals surface area contributed by atoms with E-state index in [1.165, 1.54) is 19.2 Å². The minimum Gasteiger partial charge on any atom is -0.493 e. The van der Waals surface area contributed by atoms with Crippen LogP contribution >= 0.6 is 11.6 Å². The predicted octanol–water partition coefficient (Wildman–Crippen LogP) is 5.34. The Morgan fingerprint density at radius 2 is 1.52 bits per heavy atom. The number of ether oxygens (including phenoxy) is 3. The molecule has 3 aromatic carbocycles. The predicted molar refractivity (Wildman–Crippen MR) is 124 cm³/mol. The Bertz CT molecular complexity index is 1180. The Morgan fingerprint density at radius 3 is 2.13 bits per heavy atom. The number of methoxy groups -OCH3 is 3. The van der Waals surface area contributed by atoms with Crippen LogP contribution in [-0.4, -0.2) is 29.7 Å². The smallest absolute Gasteiger partial charge is 0.261 e. The van der Waals surface area contributed by atoms with E-state index in [0.717, 1.165) is 5.56 Å². The van der Waals surface area contributed by atoms with Gasteiger partial charge in [-0.1, -0.05) is 48.0 Å². The van der Waals surface area contributed by atoms with Gasteiger partial charge in [-0.15, -0.1) is 0 Å². The van der Waals surface area contributed by atoms with Crippen LogP contribution in [0.5, 0.6) is 17.2 Å². The average Bonchev–Trinajstić information content (AvgIpc) is 2.77. The molecule has 0 atom stereocenters. The summed E-state index contributed by atoms with van der Waals surface area (Å²) in [6.45, 7) is 0. The quantitative estimate of drug-likeness (QED) is 0.460. The van der Waals surface area contributed by atoms with E-state index in [4.69, 9.17) is 25.8 Å². The molecule has 1 N–H and O–H groups in total. The van der Waals surface area contributed by atoms with Crippen molar-refractivity contribution in [1.29, 1.82) is 0 Å². The van der Waals surface area contributed by atoms with Crippen molar-refractivity contribution in [3.05, 3.63) is 76.8 Å². The molecule has 0 bridgehead atoms. The Morgan fingerprint density at radius 1 is 0.839 bits per heavy atom. The van der Waals surface area contributed by atoms with Crippen molar-refractivity contribution < 1.29 is 22.6 Å². The summed E-state index contributed by atoms with van der Waals surface area (Å²) in [5.41, 5.74) is 1.91. The number of anilines is 1. The second-order valence-electron chi connectivity index (χ2n) is 6.44. The third-order valence-electron chi connectivity index (χ3n) is 4.45. The van der Waals surface area contributed by atoms with Crippen LogP contribution in [0.25, 0.3) is 12.2 Å². The Labute approximate surface area is 187 Å². The third-order valence-corrected chi connectivity index (χ3v) is 6.05. The van der Waals surface area contributed by atoms with Gasteiger partial charge in [0, 0.05) is 5.02 Å². The Hall–Kier alpha value is -3.16. The van der Waals surface area contributed by atoms with Gasteiger partial charge in [-0.05, 0) is 47.5 Å². The first-order chi connectivity index (χ1) is 14.9. The van der Waals surface area contributed by atoms with Gasteiger partial charge in [0.1, 0.15) is 0 Å². The molecule has 8 heteroatoms. The van der Waals surface area contributed by atoms with Crippen LogP contribution < -0.4 is 18.9 Å². The van der Waals surface area contributed by atoms with E-state index >= 15 is 0 Å². The van der Waals surface area contributed by atoms with Crippen molar-refractivity contribution in [2.75, 3.05) is 26.1 Å². The van der Waals surface area contributed by atoms with E-state index in [0.29, 0.717) is 33.5 Å². The lowest BCUT2D eigenvalue weighted by Gasteiger charge is -2.13. The van der Waals surface area contributed by atoms with Crippen LogP contribution in [0.15, 0.2) is 65.6 Å². The molecule has 162 valence electrons. The van der Waals surface area contributed by atoms with Gasteiger partial charge in [0.25, 0.3) is 10.0 Å². The van der Waals surface area contributed by atoms with E-state index in [1.54, 1.807) is 56.7 Å². The van der Waals surface area contributed by atoms with Crippen molar-refractivity contribution in [3.8, 4) is 17.2 Å². The second-order valence-corrected chi connectivity index (χ2v) is 8.56. The molecule has 6 nitrogen and oxygen atoms in total. The summed E-state index contributed by atoms with van der Waals surface area (Å²) in [4.78, 5) is 0.0865. The monoisotopic (exact) mass is 459 g/mol. The lowest BCUT2D eigenvalue weighted by molar-refractivity contribution is 0.324. The maximum Gasteiger partial charge on any atom is 0.261 e. The minimum absolute atomic E-state index is 0.0865. The third kappa shape index (κ3) is 5.31. The summed E-state index contributed by atoms with van der Waals surface area (Å²) in [5, 5.41) is 0.346. The summed E-state index contributed by atoms with van der Waals surface area (Å²) in [5.74, 6) is 1.55. The summed E-state index contributed by atoms with van der Waals surface area (Å²) >= 11 is 5.94. The Kier molecular flexibility index (Phi) is 7.09. The van der Waals surface area contributed by atoms with Gasteiger partial charge in [0.15, 0.2) is 11.5 Å². The molecule has 0 saturated carbocycles. The fourth-order valence-corrected chi connectivity index (χ4v) is 4.34. The van der Waals surface area contributed by atoms with Gasteiger partial charge in [-0.25, -0.2) is 8.42 Å². The zero-order valence-electron chi connectivity index (χ0n) is 17.3. The molecule has 0 radical (unpaired) electrons. The normalized spacial score (nSPS) is 11.4. The van der Waals surface area contributed by atoms with Crippen molar-refractivity contribution in [2.24, 2.45) is 0 Å². The van der Waals surface area contributed by atoms with Crippen LogP contribution in [0.4, 0.5) is 5.69 Å². The fraction of sp³-hybridized carbons (Fsp3) is 0.130. The topological polar surface area (TPSA) is 73.9 Å². The highest BCUT2D eigenvalue weighted by Crippen LogP contribution is 2.38. The second kappa shape index (κ2) is 9.76. The molecule has 0 unspecified atom stereocenters. The number of hydrogen-bond acceptors (Lipinski definition) is 5. The Balaban J connectivity index is 1.93. The SMILES string of the molecule is COc1cc(/C=C\c2ccccc2NS(=O)(=O)c2cccc(Cl)c2)cc(OC)c1OC. The van der Waals surface area contributed by atoms with Crippen molar-refractivity contribution in [1.82, 2.24) is 0 Å². The van der Waals surface area contributed by atoms with Crippen molar-refractivity contribution in [2.45, 2.75) is 4.90 Å². The van der Waals surface area contributed by atoms with E-state index in [9.17, 15) is 8.42 Å². The maximum atomic E-state index is 12.8. The molecule has 0 spiro atoms. The number of benzene rings is 3. The molecule has 0 aromatic heterocycles. The van der Waals surface area contributed by atoms with E-state index < -0.39 is 10.0 Å². The molecule has 3 aromatic rings. The van der Waals surface area contributed by atoms with Crippen LogP contribution in [0, 0.1) is 0 Å². The summed E-state index contributed by atoms with van der Waals surface area (Å²) < 4.78 is 44.3. The molecule has 0 heterocycles. The molecule has 0 aliphatic rings. The van der Waals surface area contributed by atoms with Gasteiger partial charge >= 0.3 is 0 Å². The number of rotatable bonds is 8. The summed E-state index contributed by atoms with van der Waals surface area (Å²) in [7, 11) is 0.836. The number of hydrogen-bond donors (Lipinski definition) is 1. The largest absolute Gasteiger partial charge is 0.493 e. The van der Waals surface area contributed by atoms with E-state index in [-0.39, 0.29) is 4.90 Å². The first-order valence-electron chi connectivity index (χ1n) is 9.23. The number of sulfonamides is 1. The van der Waals surface area contributed by atoms with Gasteiger partial charge in [-0.2, -0.15) is 0 Å². The highest BCUT2D eigenvalue weighted by Gasteiger charge is 2.16. The molecule has 3 rings (SSSR count). The van der Waals surface area contributed by atoms with Crippen LogP contribution in [0.3, 0.4) is 0 Å². The van der Waals surface area contributed by atoms with Gasteiger partial charge in [0.05, 0.1) is 31.9 Å². The highest BCUT2D eigenvalue weighted by atomic mass is 35.5. The van der Waals surface area contributed by atoms with Gasteiger partial charge < -0.3 is 14.2 Å². The molecule has 0 saturated heterocycles. The zero-order valence-corrected chi connectivity index (χ0v) is 18.8. The standard InChI is InChI=1S/C23H22ClNO5S/c1-28-21-13-16(14-22(29-2)23(21)30-3)11-12-17-7-4-5-10-20(17)25-31(26,27)19-9-6-8-18(24)15-19/h4-15,25H,1-3H3/b12-11-. The summed E-state index contributed by atoms with van der Waals surface area (Å²) in [6.07, 6.45) is 3.63. The van der Waals surface area contributed by atoms with Crippen LogP contribution in [0.2, 0.25) is 5.02 Å². The van der Waals surface area contributed by atoms with Crippen molar-refractivity contribution >= 4 is 39.5 Å². The number of nitrogens with one attached hydrogen (secondary N) is 1. The number of halogens is 1. The molecule has 0 aliphatic heterocycles. The van der Waals surface area contributed by atoms with E-state index in [1.807, 2.05) is 18.2 Å². The van der Waals surface area contributed by atoms with E-state index in [2.05, 4.69) is 4.72 Å². The minimum atomic E-state index is -3.80. The molecular formula is C23H22ClNO5S. The lowest BCUT2D eigenvalue weighted by Crippen LogP contribution is -2.13. The first-order valence-corrected chi connectivity index (χ1v) is 11.1. The van der Waals surface area contributed by atoms with Crippen molar-refractivity contribution in [3.63, 3.8) is 0 Å². The first kappa shape index (κ1) is 22.5. The fourth-order valence-electron chi connectivity index (χ4n) is 2.96. The lowest BCUT2D eigenvalue weighted by atomic mass is 10.1. The molecular weight excluding hydrogens is 438 g/mol. The van der Waals surface area contributed by atoms with Gasteiger partial charge in [0.2, 0.25) is 5.75 Å². The molecule has 0 aliphatic carbocycles. The average molecular weight is 460 g/mol. The summed E-state index contributed by atoms with van der Waals surface area (Å²) in [6, 6.07) is 16.8. The zero-order chi connectivity index (χ0) is 22.4.